The summed E-state index contributed by atoms with van der Waals surface area (Å²) in [6.07, 6.45) is 12.4. The monoisotopic (exact) mass is 280 g/mol. The van der Waals surface area contributed by atoms with E-state index in [-0.39, 0.29) is 0 Å². The lowest BCUT2D eigenvalue weighted by Gasteiger charge is -2.49. The summed E-state index contributed by atoms with van der Waals surface area (Å²) in [5.74, 6) is 1.71. The lowest BCUT2D eigenvalue weighted by Crippen LogP contribution is -2.61. The lowest BCUT2D eigenvalue weighted by molar-refractivity contribution is 0.0405. The molecule has 0 saturated heterocycles. The molecule has 0 heterocycles. The van der Waals surface area contributed by atoms with Gasteiger partial charge in [0.2, 0.25) is 0 Å². The summed E-state index contributed by atoms with van der Waals surface area (Å²) < 4.78 is 0. The molecule has 0 bridgehead atoms. The van der Waals surface area contributed by atoms with Crippen molar-refractivity contribution in [2.75, 3.05) is 13.1 Å². The van der Waals surface area contributed by atoms with Crippen LogP contribution in [0.5, 0.6) is 0 Å². The van der Waals surface area contributed by atoms with Gasteiger partial charge in [0, 0.05) is 11.6 Å². The molecule has 3 unspecified atom stereocenters. The molecule has 3 atom stereocenters. The minimum Gasteiger partial charge on any atom is -0.326 e. The Kier molecular flexibility index (Phi) is 5.92. The molecule has 0 spiro atoms. The van der Waals surface area contributed by atoms with Crippen molar-refractivity contribution < 1.29 is 0 Å². The molecule has 0 aromatic rings. The Hall–Kier alpha value is -0.0800. The van der Waals surface area contributed by atoms with Crippen molar-refractivity contribution >= 4 is 0 Å². The summed E-state index contributed by atoms with van der Waals surface area (Å²) in [5, 5.41) is 0. The zero-order valence-electron chi connectivity index (χ0n) is 14.0. The van der Waals surface area contributed by atoms with Crippen LogP contribution in [0.2, 0.25) is 0 Å². The highest BCUT2D eigenvalue weighted by atomic mass is 15.2. The molecule has 2 saturated carbocycles. The number of hydrogen-bond donors (Lipinski definition) is 1. The first kappa shape index (κ1) is 16.3. The second-order valence-corrected chi connectivity index (χ2v) is 7.21. The largest absolute Gasteiger partial charge is 0.326 e. The molecule has 2 aliphatic carbocycles. The van der Waals surface area contributed by atoms with Crippen LogP contribution in [0.15, 0.2) is 0 Å². The zero-order valence-corrected chi connectivity index (χ0v) is 14.0. The fourth-order valence-electron chi connectivity index (χ4n) is 5.17. The number of hydrogen-bond acceptors (Lipinski definition) is 2. The highest BCUT2D eigenvalue weighted by Gasteiger charge is 2.46. The van der Waals surface area contributed by atoms with Crippen molar-refractivity contribution in [2.24, 2.45) is 17.6 Å². The average molecular weight is 280 g/mol. The summed E-state index contributed by atoms with van der Waals surface area (Å²) in [5.41, 5.74) is 7.24. The first-order chi connectivity index (χ1) is 9.67. The Morgan fingerprint density at radius 1 is 1.05 bits per heavy atom. The quantitative estimate of drug-likeness (QED) is 0.790. The fourth-order valence-corrected chi connectivity index (χ4v) is 5.17. The van der Waals surface area contributed by atoms with Crippen molar-refractivity contribution in [3.8, 4) is 0 Å². The Morgan fingerprint density at radius 3 is 2.25 bits per heavy atom. The van der Waals surface area contributed by atoms with Crippen LogP contribution in [-0.2, 0) is 0 Å². The third kappa shape index (κ3) is 3.06. The van der Waals surface area contributed by atoms with Gasteiger partial charge in [-0.25, -0.2) is 0 Å². The third-order valence-corrected chi connectivity index (χ3v) is 6.39. The maximum Gasteiger partial charge on any atom is 0.0362 e. The van der Waals surface area contributed by atoms with E-state index >= 15 is 0 Å². The van der Waals surface area contributed by atoms with Crippen LogP contribution < -0.4 is 5.73 Å². The van der Waals surface area contributed by atoms with Gasteiger partial charge < -0.3 is 5.73 Å². The molecule has 2 nitrogen and oxygen atoms in total. The average Bonchev–Trinajstić information content (AvgIpc) is 2.98. The minimum absolute atomic E-state index is 0.323. The van der Waals surface area contributed by atoms with E-state index in [9.17, 15) is 0 Å². The maximum atomic E-state index is 6.92. The molecule has 0 amide bonds. The SMILES string of the molecule is CCC1CCCC(C(N)C2(N(CC)CC)CCCC2)C1. The van der Waals surface area contributed by atoms with E-state index < -0.39 is 0 Å². The van der Waals surface area contributed by atoms with E-state index in [1.807, 2.05) is 0 Å². The third-order valence-electron chi connectivity index (χ3n) is 6.39. The van der Waals surface area contributed by atoms with Crippen LogP contribution >= 0.6 is 0 Å². The Labute approximate surface area is 126 Å². The standard InChI is InChI=1S/C18H36N2/c1-4-15-10-9-11-16(14-15)17(19)18(12-7-8-13-18)20(5-2)6-3/h15-17H,4-14,19H2,1-3H3. The highest BCUT2D eigenvalue weighted by Crippen LogP contribution is 2.43. The molecular weight excluding hydrogens is 244 g/mol. The Balaban J connectivity index is 2.12. The summed E-state index contributed by atoms with van der Waals surface area (Å²) in [7, 11) is 0. The van der Waals surface area contributed by atoms with Crippen LogP contribution in [0.3, 0.4) is 0 Å². The van der Waals surface area contributed by atoms with Crippen LogP contribution in [-0.4, -0.2) is 29.6 Å². The van der Waals surface area contributed by atoms with Gasteiger partial charge >= 0.3 is 0 Å². The minimum atomic E-state index is 0.323. The lowest BCUT2D eigenvalue weighted by atomic mass is 9.70. The molecular formula is C18H36N2. The van der Waals surface area contributed by atoms with Crippen LogP contribution in [0.4, 0.5) is 0 Å². The predicted molar refractivity (Wildman–Crippen MR) is 87.8 cm³/mol. The van der Waals surface area contributed by atoms with Gasteiger partial charge in [-0.05, 0) is 50.6 Å². The molecule has 0 aliphatic heterocycles. The van der Waals surface area contributed by atoms with Crippen LogP contribution in [0.1, 0.15) is 78.6 Å². The molecule has 0 aromatic carbocycles. The highest BCUT2D eigenvalue weighted by molar-refractivity contribution is 5.05. The topological polar surface area (TPSA) is 29.3 Å². The molecule has 20 heavy (non-hydrogen) atoms. The fraction of sp³-hybridized carbons (Fsp3) is 1.00. The van der Waals surface area contributed by atoms with Gasteiger partial charge in [0.15, 0.2) is 0 Å². The number of likely N-dealkylation sites (N-methyl/N-ethyl adjacent to an activating group) is 1. The van der Waals surface area contributed by atoms with Gasteiger partial charge in [0.25, 0.3) is 0 Å². The van der Waals surface area contributed by atoms with Crippen LogP contribution in [0, 0.1) is 11.8 Å². The molecule has 2 fully saturated rings. The summed E-state index contributed by atoms with van der Waals surface area (Å²) in [6.45, 7) is 9.30. The summed E-state index contributed by atoms with van der Waals surface area (Å²) in [6, 6.07) is 0.402. The van der Waals surface area contributed by atoms with Gasteiger partial charge in [-0.15, -0.1) is 0 Å². The Bertz CT molecular complexity index is 279. The maximum absolute atomic E-state index is 6.92. The van der Waals surface area contributed by atoms with Crippen molar-refractivity contribution in [2.45, 2.75) is 90.1 Å². The molecule has 0 aromatic heterocycles. The first-order valence-corrected chi connectivity index (χ1v) is 9.18. The van der Waals surface area contributed by atoms with Gasteiger partial charge in [-0.2, -0.15) is 0 Å². The number of nitrogens with two attached hydrogens (primary N) is 1. The zero-order chi connectivity index (χ0) is 14.6. The van der Waals surface area contributed by atoms with E-state index in [4.69, 9.17) is 5.73 Å². The second-order valence-electron chi connectivity index (χ2n) is 7.21. The van der Waals surface area contributed by atoms with Gasteiger partial charge in [-0.3, -0.25) is 4.90 Å². The number of nitrogens with zero attached hydrogens (tertiary/aromatic N) is 1. The Morgan fingerprint density at radius 2 is 1.70 bits per heavy atom. The van der Waals surface area contributed by atoms with Crippen LogP contribution in [0.25, 0.3) is 0 Å². The first-order valence-electron chi connectivity index (χ1n) is 9.18. The van der Waals surface area contributed by atoms with Crippen molar-refractivity contribution in [3.63, 3.8) is 0 Å². The molecule has 118 valence electrons. The summed E-state index contributed by atoms with van der Waals surface area (Å²) >= 11 is 0. The van der Waals surface area contributed by atoms with Gasteiger partial charge in [0.05, 0.1) is 0 Å². The van der Waals surface area contributed by atoms with Gasteiger partial charge in [0.1, 0.15) is 0 Å². The van der Waals surface area contributed by atoms with Gasteiger partial charge in [-0.1, -0.05) is 52.9 Å². The van der Waals surface area contributed by atoms with Crippen molar-refractivity contribution in [3.05, 3.63) is 0 Å². The molecule has 0 radical (unpaired) electrons. The van der Waals surface area contributed by atoms with Crippen molar-refractivity contribution in [1.82, 2.24) is 4.90 Å². The smallest absolute Gasteiger partial charge is 0.0362 e. The molecule has 2 N–H and O–H groups in total. The second kappa shape index (κ2) is 7.26. The predicted octanol–water partition coefficient (Wildman–Crippen LogP) is 4.18. The molecule has 2 rings (SSSR count). The van der Waals surface area contributed by atoms with E-state index in [0.717, 1.165) is 24.9 Å². The van der Waals surface area contributed by atoms with E-state index in [0.29, 0.717) is 11.6 Å². The van der Waals surface area contributed by atoms with E-state index in [2.05, 4.69) is 25.7 Å². The normalized spacial score (nSPS) is 31.6. The molecule has 2 aliphatic rings. The van der Waals surface area contributed by atoms with E-state index in [1.165, 1.54) is 57.8 Å². The van der Waals surface area contributed by atoms with Crippen molar-refractivity contribution in [1.29, 1.82) is 0 Å². The number of rotatable bonds is 6. The molecule has 2 heteroatoms. The summed E-state index contributed by atoms with van der Waals surface area (Å²) in [4.78, 5) is 2.69. The van der Waals surface area contributed by atoms with E-state index in [1.54, 1.807) is 0 Å².